The molecule has 7 heteroatoms. The van der Waals surface area contributed by atoms with Crippen molar-refractivity contribution >= 4 is 35.6 Å². The lowest BCUT2D eigenvalue weighted by atomic mass is 10.2. The van der Waals surface area contributed by atoms with Crippen molar-refractivity contribution in [2.24, 2.45) is 5.92 Å². The van der Waals surface area contributed by atoms with E-state index in [4.69, 9.17) is 5.73 Å². The molecule has 2 rings (SSSR count). The number of aromatic nitrogens is 4. The van der Waals surface area contributed by atoms with Crippen molar-refractivity contribution in [2.75, 3.05) is 11.1 Å². The molecule has 0 saturated heterocycles. The lowest BCUT2D eigenvalue weighted by Gasteiger charge is -2.17. The summed E-state index contributed by atoms with van der Waals surface area (Å²) < 4.78 is 0. The molecule has 0 fully saturated rings. The van der Waals surface area contributed by atoms with Crippen LogP contribution in [0.3, 0.4) is 0 Å². The number of thiol groups is 1. The summed E-state index contributed by atoms with van der Waals surface area (Å²) in [5.41, 5.74) is 6.90. The number of nitrogens with one attached hydrogen (secondary N) is 2. The van der Waals surface area contributed by atoms with Crippen molar-refractivity contribution in [1.82, 2.24) is 19.9 Å². The molecule has 0 spiro atoms. The van der Waals surface area contributed by atoms with E-state index in [0.29, 0.717) is 22.9 Å². The van der Waals surface area contributed by atoms with Crippen LogP contribution in [0.5, 0.6) is 0 Å². The number of hydrogen-bond acceptors (Lipinski definition) is 6. The molecular weight excluding hydrogens is 224 g/mol. The topological polar surface area (TPSA) is 92.5 Å². The van der Waals surface area contributed by atoms with Crippen LogP contribution in [-0.2, 0) is 0 Å². The first-order valence-corrected chi connectivity index (χ1v) is 5.50. The summed E-state index contributed by atoms with van der Waals surface area (Å²) in [5, 5.41) is 3.16. The highest BCUT2D eigenvalue weighted by Gasteiger charge is 2.13. The van der Waals surface area contributed by atoms with Crippen LogP contribution in [0.25, 0.3) is 11.2 Å². The van der Waals surface area contributed by atoms with Gasteiger partial charge in [0, 0.05) is 0 Å². The number of hydrogen-bond donors (Lipinski definition) is 4. The molecule has 4 N–H and O–H groups in total. The molecule has 0 aliphatic carbocycles. The van der Waals surface area contributed by atoms with Gasteiger partial charge >= 0.3 is 0 Å². The molecule has 0 unspecified atom stereocenters. The summed E-state index contributed by atoms with van der Waals surface area (Å²) in [7, 11) is 0. The van der Waals surface area contributed by atoms with E-state index in [-0.39, 0.29) is 11.3 Å². The molecule has 0 radical (unpaired) electrons. The van der Waals surface area contributed by atoms with E-state index in [2.05, 4.69) is 51.7 Å². The third-order valence-electron chi connectivity index (χ3n) is 2.21. The van der Waals surface area contributed by atoms with Gasteiger partial charge in [0.15, 0.2) is 11.5 Å². The van der Waals surface area contributed by atoms with E-state index in [1.807, 2.05) is 0 Å². The number of anilines is 2. The second kappa shape index (κ2) is 4.17. The summed E-state index contributed by atoms with van der Waals surface area (Å²) in [6.45, 7) is 4.13. The Hall–Kier alpha value is -1.50. The highest BCUT2D eigenvalue weighted by atomic mass is 32.1. The third-order valence-corrected chi connectivity index (χ3v) is 2.94. The molecular formula is C9H14N6S. The maximum absolute atomic E-state index is 5.60. The first-order valence-electron chi connectivity index (χ1n) is 4.99. The van der Waals surface area contributed by atoms with Crippen LogP contribution in [0.15, 0.2) is 6.33 Å². The maximum atomic E-state index is 5.60. The second-order valence-corrected chi connectivity index (χ2v) is 4.42. The Bertz CT molecular complexity index is 494. The van der Waals surface area contributed by atoms with Crippen molar-refractivity contribution < 1.29 is 0 Å². The number of nitrogen functional groups attached to an aromatic ring is 1. The van der Waals surface area contributed by atoms with Gasteiger partial charge in [0.25, 0.3) is 0 Å². The molecule has 2 aromatic heterocycles. The lowest BCUT2D eigenvalue weighted by molar-refractivity contribution is 0.653. The molecule has 6 nitrogen and oxygen atoms in total. The fraction of sp³-hybridized carbons (Fsp3) is 0.444. The molecule has 0 aliphatic heterocycles. The third kappa shape index (κ3) is 2.04. The predicted octanol–water partition coefficient (Wildman–Crippen LogP) is 1.26. The van der Waals surface area contributed by atoms with Gasteiger partial charge in [0.2, 0.25) is 5.95 Å². The average Bonchev–Trinajstić information content (AvgIpc) is 2.65. The van der Waals surface area contributed by atoms with Crippen molar-refractivity contribution in [1.29, 1.82) is 0 Å². The van der Waals surface area contributed by atoms with E-state index in [9.17, 15) is 0 Å². The van der Waals surface area contributed by atoms with Crippen molar-refractivity contribution in [3.05, 3.63) is 6.33 Å². The first-order chi connectivity index (χ1) is 7.58. The van der Waals surface area contributed by atoms with Gasteiger partial charge in [0.05, 0.1) is 11.7 Å². The zero-order chi connectivity index (χ0) is 11.7. The minimum atomic E-state index is -0.00537. The Morgan fingerprint density at radius 1 is 1.44 bits per heavy atom. The summed E-state index contributed by atoms with van der Waals surface area (Å²) in [6.07, 6.45) is 1.56. The smallest absolute Gasteiger partial charge is 0.224 e. The van der Waals surface area contributed by atoms with Crippen LogP contribution in [0.4, 0.5) is 11.8 Å². The molecule has 2 heterocycles. The minimum Gasteiger partial charge on any atom is -0.368 e. The van der Waals surface area contributed by atoms with Gasteiger partial charge in [-0.15, -0.1) is 0 Å². The Kier molecular flexibility index (Phi) is 2.86. The summed E-state index contributed by atoms with van der Waals surface area (Å²) >= 11 is 4.43. The minimum absolute atomic E-state index is 0.00537. The lowest BCUT2D eigenvalue weighted by Crippen LogP contribution is -2.20. The zero-order valence-corrected chi connectivity index (χ0v) is 9.99. The molecule has 0 aromatic carbocycles. The van der Waals surface area contributed by atoms with Gasteiger partial charge in [-0.25, -0.2) is 4.98 Å². The zero-order valence-electron chi connectivity index (χ0n) is 9.10. The fourth-order valence-corrected chi connectivity index (χ4v) is 1.38. The number of aromatic amines is 1. The van der Waals surface area contributed by atoms with Crippen molar-refractivity contribution in [2.45, 2.75) is 19.2 Å². The van der Waals surface area contributed by atoms with Crippen LogP contribution in [0, 0.1) is 5.92 Å². The normalized spacial score (nSPS) is 13.2. The molecule has 86 valence electrons. The number of nitrogens with zero attached hydrogens (tertiary/aromatic N) is 3. The largest absolute Gasteiger partial charge is 0.368 e. The van der Waals surface area contributed by atoms with Gasteiger partial charge < -0.3 is 16.0 Å². The van der Waals surface area contributed by atoms with Crippen LogP contribution < -0.4 is 11.1 Å². The Morgan fingerprint density at radius 3 is 2.88 bits per heavy atom. The molecule has 16 heavy (non-hydrogen) atoms. The van der Waals surface area contributed by atoms with Crippen LogP contribution in [0.1, 0.15) is 13.8 Å². The highest BCUT2D eigenvalue weighted by Crippen LogP contribution is 2.20. The number of fused-ring (bicyclic) bond motifs is 1. The Labute approximate surface area is 98.5 Å². The average molecular weight is 238 g/mol. The van der Waals surface area contributed by atoms with Gasteiger partial charge in [-0.2, -0.15) is 22.6 Å². The Morgan fingerprint density at radius 2 is 2.19 bits per heavy atom. The van der Waals surface area contributed by atoms with Gasteiger partial charge in [-0.3, -0.25) is 0 Å². The number of imidazole rings is 1. The van der Waals surface area contributed by atoms with Crippen LogP contribution >= 0.6 is 12.6 Å². The molecule has 0 aliphatic rings. The number of rotatable bonds is 3. The van der Waals surface area contributed by atoms with Crippen molar-refractivity contribution in [3.63, 3.8) is 0 Å². The summed E-state index contributed by atoms with van der Waals surface area (Å²) in [4.78, 5) is 15.2. The molecule has 0 saturated carbocycles. The monoisotopic (exact) mass is 238 g/mol. The van der Waals surface area contributed by atoms with Crippen LogP contribution in [0.2, 0.25) is 0 Å². The van der Waals surface area contributed by atoms with Crippen LogP contribution in [-0.4, -0.2) is 25.3 Å². The Balaban J connectivity index is 2.39. The molecule has 2 aromatic rings. The predicted molar refractivity (Wildman–Crippen MR) is 67.3 cm³/mol. The van der Waals surface area contributed by atoms with Crippen molar-refractivity contribution in [3.8, 4) is 0 Å². The van der Waals surface area contributed by atoms with E-state index in [0.717, 1.165) is 0 Å². The number of nitrogens with two attached hydrogens (primary N) is 1. The van der Waals surface area contributed by atoms with E-state index >= 15 is 0 Å². The molecule has 0 bridgehead atoms. The fourth-order valence-electron chi connectivity index (χ4n) is 1.26. The van der Waals surface area contributed by atoms with E-state index in [1.54, 1.807) is 6.33 Å². The van der Waals surface area contributed by atoms with Gasteiger partial charge in [-0.1, -0.05) is 13.8 Å². The van der Waals surface area contributed by atoms with E-state index < -0.39 is 0 Å². The maximum Gasteiger partial charge on any atom is 0.224 e. The standard InChI is InChI=1S/C9H14N6S/c1-4(2)8(16)13-7-5-6(12-3-11-5)14-9(10)15-7/h3-4,8,16H,1-2H3,(H4,10,11,12,13,14,15)/t8-/m1/s1. The quantitative estimate of drug-likeness (QED) is 0.477. The van der Waals surface area contributed by atoms with E-state index in [1.165, 1.54) is 0 Å². The first kappa shape index (κ1) is 11.0. The number of H-pyrrole nitrogens is 1. The highest BCUT2D eigenvalue weighted by molar-refractivity contribution is 7.81. The SMILES string of the molecule is CC(C)[C@@H](S)Nc1nc(N)nc2[nH]cnc12. The second-order valence-electron chi connectivity index (χ2n) is 3.86. The van der Waals surface area contributed by atoms with Gasteiger partial charge in [-0.05, 0) is 5.92 Å². The van der Waals surface area contributed by atoms with Gasteiger partial charge in [0.1, 0.15) is 5.52 Å². The molecule has 1 atom stereocenters. The molecule has 0 amide bonds. The summed E-state index contributed by atoms with van der Waals surface area (Å²) in [6, 6.07) is 0. The summed E-state index contributed by atoms with van der Waals surface area (Å²) in [5.74, 6) is 1.19.